The fourth-order valence-electron chi connectivity index (χ4n) is 3.95. The molecule has 1 aliphatic carbocycles. The first-order valence-electron chi connectivity index (χ1n) is 8.09. The molecule has 0 aromatic heterocycles. The number of imide groups is 1. The first kappa shape index (κ1) is 15.4. The van der Waals surface area contributed by atoms with Gasteiger partial charge in [-0.1, -0.05) is 19.3 Å². The molecule has 0 radical (unpaired) electrons. The third kappa shape index (κ3) is 2.12. The summed E-state index contributed by atoms with van der Waals surface area (Å²) < 4.78 is 0. The Kier molecular flexibility index (Phi) is 3.52. The van der Waals surface area contributed by atoms with Crippen LogP contribution in [0, 0.1) is 10.1 Å². The molecule has 1 saturated carbocycles. The molecular formula is C16H17N3O4S. The zero-order valence-corrected chi connectivity index (χ0v) is 13.8. The molecule has 0 unspecified atom stereocenters. The number of hydrogen-bond donors (Lipinski definition) is 0. The Morgan fingerprint density at radius 3 is 2.42 bits per heavy atom. The predicted molar refractivity (Wildman–Crippen MR) is 89.9 cm³/mol. The van der Waals surface area contributed by atoms with Crippen LogP contribution >= 0.6 is 11.8 Å². The molecule has 7 nitrogen and oxygen atoms in total. The van der Waals surface area contributed by atoms with Crippen LogP contribution in [0.3, 0.4) is 0 Å². The van der Waals surface area contributed by atoms with E-state index in [9.17, 15) is 19.7 Å². The quantitative estimate of drug-likeness (QED) is 0.466. The molecule has 3 aliphatic rings. The van der Waals surface area contributed by atoms with E-state index in [0.29, 0.717) is 11.4 Å². The summed E-state index contributed by atoms with van der Waals surface area (Å²) in [6.07, 6.45) is 5.20. The van der Waals surface area contributed by atoms with Gasteiger partial charge in [0.1, 0.15) is 6.04 Å². The van der Waals surface area contributed by atoms with Crippen LogP contribution in [-0.2, 0) is 4.79 Å². The number of nitrogens with zero attached hydrogens (tertiary/aromatic N) is 3. The number of fused-ring (bicyclic) bond motifs is 2. The molecule has 2 saturated heterocycles. The van der Waals surface area contributed by atoms with E-state index in [2.05, 4.69) is 0 Å². The second-order valence-electron chi connectivity index (χ2n) is 6.43. The average molecular weight is 347 g/mol. The van der Waals surface area contributed by atoms with Crippen LogP contribution in [0.15, 0.2) is 24.3 Å². The number of carbonyl (C=O) groups is 2. The number of rotatable bonds is 2. The highest BCUT2D eigenvalue weighted by atomic mass is 32.2. The Hall–Kier alpha value is -2.09. The minimum absolute atomic E-state index is 0.0577. The number of amides is 3. The average Bonchev–Trinajstić information content (AvgIpc) is 3.06. The fourth-order valence-corrected chi connectivity index (χ4v) is 5.63. The molecule has 1 spiro atoms. The SMILES string of the molecule is O=C1[C@@H]2CSC3(CCCCC3)N2C(=O)N1c1ccc([N+](=O)[O-])cc1. The summed E-state index contributed by atoms with van der Waals surface area (Å²) in [5, 5.41) is 10.8. The third-order valence-corrected chi connectivity index (χ3v) is 6.74. The number of benzene rings is 1. The summed E-state index contributed by atoms with van der Waals surface area (Å²) in [6.45, 7) is 0. The van der Waals surface area contributed by atoms with Crippen LogP contribution in [0.25, 0.3) is 0 Å². The summed E-state index contributed by atoms with van der Waals surface area (Å²) in [6, 6.07) is 4.89. The summed E-state index contributed by atoms with van der Waals surface area (Å²) in [5.41, 5.74) is 0.346. The van der Waals surface area contributed by atoms with E-state index in [-0.39, 0.29) is 22.5 Å². The highest BCUT2D eigenvalue weighted by molar-refractivity contribution is 8.01. The summed E-state index contributed by atoms with van der Waals surface area (Å²) >= 11 is 1.74. The molecule has 8 heteroatoms. The molecule has 4 rings (SSSR count). The lowest BCUT2D eigenvalue weighted by atomic mass is 9.93. The normalized spacial score (nSPS) is 25.4. The van der Waals surface area contributed by atoms with Gasteiger partial charge in [-0.25, -0.2) is 9.69 Å². The molecule has 3 fully saturated rings. The number of urea groups is 1. The van der Waals surface area contributed by atoms with Gasteiger partial charge in [-0.3, -0.25) is 19.8 Å². The van der Waals surface area contributed by atoms with Crippen molar-refractivity contribution in [3.63, 3.8) is 0 Å². The van der Waals surface area contributed by atoms with Gasteiger partial charge < -0.3 is 0 Å². The Morgan fingerprint density at radius 2 is 1.79 bits per heavy atom. The predicted octanol–water partition coefficient (Wildman–Crippen LogP) is 3.14. The van der Waals surface area contributed by atoms with Crippen molar-refractivity contribution in [2.45, 2.75) is 43.0 Å². The minimum atomic E-state index is -0.497. The van der Waals surface area contributed by atoms with Gasteiger partial charge in [-0.15, -0.1) is 11.8 Å². The monoisotopic (exact) mass is 347 g/mol. The van der Waals surface area contributed by atoms with Gasteiger partial charge >= 0.3 is 6.03 Å². The highest BCUT2D eigenvalue weighted by Crippen LogP contribution is 2.52. The zero-order chi connectivity index (χ0) is 16.9. The van der Waals surface area contributed by atoms with E-state index in [1.165, 1.54) is 35.6 Å². The second-order valence-corrected chi connectivity index (χ2v) is 7.82. The van der Waals surface area contributed by atoms with E-state index in [1.807, 2.05) is 0 Å². The summed E-state index contributed by atoms with van der Waals surface area (Å²) in [7, 11) is 0. The standard InChI is InChI=1S/C16H17N3O4S/c20-14-13-10-24-16(8-2-1-3-9-16)18(13)15(21)17(14)11-4-6-12(7-5-11)19(22)23/h4-7,13H,1-3,8-10H2/t13-/m0/s1. The van der Waals surface area contributed by atoms with Crippen LogP contribution in [0.4, 0.5) is 16.2 Å². The fraction of sp³-hybridized carbons (Fsp3) is 0.500. The first-order valence-corrected chi connectivity index (χ1v) is 9.08. The third-order valence-electron chi connectivity index (χ3n) is 5.12. The van der Waals surface area contributed by atoms with Gasteiger partial charge in [0, 0.05) is 17.9 Å². The van der Waals surface area contributed by atoms with Gasteiger partial charge in [0.15, 0.2) is 0 Å². The molecule has 126 valence electrons. The Balaban J connectivity index is 1.66. The topological polar surface area (TPSA) is 83.8 Å². The maximum Gasteiger partial charge on any atom is 0.333 e. The molecule has 24 heavy (non-hydrogen) atoms. The molecule has 2 heterocycles. The summed E-state index contributed by atoms with van der Waals surface area (Å²) in [4.78, 5) is 38.7. The number of nitro benzene ring substituents is 1. The van der Waals surface area contributed by atoms with Gasteiger partial charge in [0.05, 0.1) is 15.5 Å². The Labute approximate surface area is 143 Å². The zero-order valence-electron chi connectivity index (χ0n) is 13.0. The molecule has 3 amide bonds. The molecule has 1 atom stereocenters. The van der Waals surface area contributed by atoms with Gasteiger partial charge in [0.2, 0.25) is 0 Å². The largest absolute Gasteiger partial charge is 0.333 e. The Morgan fingerprint density at radius 1 is 1.12 bits per heavy atom. The van der Waals surface area contributed by atoms with Crippen molar-refractivity contribution < 1.29 is 14.5 Å². The van der Waals surface area contributed by atoms with Gasteiger partial charge in [0.25, 0.3) is 11.6 Å². The number of thioether (sulfide) groups is 1. The van der Waals surface area contributed by atoms with E-state index < -0.39 is 11.0 Å². The maximum absolute atomic E-state index is 13.0. The highest BCUT2D eigenvalue weighted by Gasteiger charge is 2.59. The molecular weight excluding hydrogens is 330 g/mol. The van der Waals surface area contributed by atoms with Crippen LogP contribution < -0.4 is 4.90 Å². The minimum Gasteiger partial charge on any atom is -0.296 e. The van der Waals surface area contributed by atoms with Gasteiger partial charge in [-0.2, -0.15) is 0 Å². The second kappa shape index (κ2) is 5.47. The number of nitro groups is 1. The van der Waals surface area contributed by atoms with Crippen molar-refractivity contribution in [1.82, 2.24) is 4.90 Å². The van der Waals surface area contributed by atoms with Gasteiger partial charge in [-0.05, 0) is 25.0 Å². The van der Waals surface area contributed by atoms with E-state index in [0.717, 1.165) is 25.7 Å². The Bertz CT molecular complexity index is 715. The molecule has 1 aromatic carbocycles. The maximum atomic E-state index is 13.0. The number of carbonyl (C=O) groups excluding carboxylic acids is 2. The van der Waals surface area contributed by atoms with Crippen LogP contribution in [0.2, 0.25) is 0 Å². The van der Waals surface area contributed by atoms with Crippen molar-refractivity contribution in [1.29, 1.82) is 0 Å². The van der Waals surface area contributed by atoms with Crippen molar-refractivity contribution in [2.24, 2.45) is 0 Å². The molecule has 0 N–H and O–H groups in total. The van der Waals surface area contributed by atoms with Crippen molar-refractivity contribution in [2.75, 3.05) is 10.7 Å². The van der Waals surface area contributed by atoms with Crippen molar-refractivity contribution >= 4 is 35.1 Å². The van der Waals surface area contributed by atoms with Crippen molar-refractivity contribution in [3.05, 3.63) is 34.4 Å². The number of non-ortho nitro benzene ring substituents is 1. The number of hydrogen-bond acceptors (Lipinski definition) is 5. The van der Waals surface area contributed by atoms with Crippen LogP contribution in [0.1, 0.15) is 32.1 Å². The molecule has 1 aromatic rings. The van der Waals surface area contributed by atoms with Crippen LogP contribution in [-0.4, -0.2) is 38.4 Å². The lowest BCUT2D eigenvalue weighted by Gasteiger charge is -2.39. The van der Waals surface area contributed by atoms with E-state index in [1.54, 1.807) is 16.7 Å². The van der Waals surface area contributed by atoms with E-state index >= 15 is 0 Å². The summed E-state index contributed by atoms with van der Waals surface area (Å²) in [5.74, 6) is 0.414. The lowest BCUT2D eigenvalue weighted by molar-refractivity contribution is -0.384. The number of anilines is 1. The first-order chi connectivity index (χ1) is 11.5. The molecule has 2 aliphatic heterocycles. The van der Waals surface area contributed by atoms with E-state index in [4.69, 9.17) is 0 Å². The van der Waals surface area contributed by atoms with Crippen LogP contribution in [0.5, 0.6) is 0 Å². The lowest BCUT2D eigenvalue weighted by Crippen LogP contribution is -2.48. The smallest absolute Gasteiger partial charge is 0.296 e. The molecule has 0 bridgehead atoms. The van der Waals surface area contributed by atoms with Crippen molar-refractivity contribution in [3.8, 4) is 0 Å².